The number of aromatic nitrogens is 2. The van der Waals surface area contributed by atoms with Gasteiger partial charge in [-0.2, -0.15) is 5.10 Å². The van der Waals surface area contributed by atoms with Gasteiger partial charge in [-0.1, -0.05) is 12.1 Å². The maximum atomic E-state index is 4.28. The standard InChI is InChI=1S/C16H19N3S2/c1-13(12-19-8-4-7-17-19)18-15(16-6-3-10-21-16)11-14-5-2-9-20-14/h2-10,13,15,18H,11-12H2,1H3. The number of hydrogen-bond donors (Lipinski definition) is 1. The molecule has 110 valence electrons. The van der Waals surface area contributed by atoms with E-state index in [1.165, 1.54) is 9.75 Å². The quantitative estimate of drug-likeness (QED) is 0.714. The van der Waals surface area contributed by atoms with Crippen LogP contribution in [0.25, 0.3) is 0 Å². The predicted octanol–water partition coefficient (Wildman–Crippen LogP) is 3.97. The zero-order valence-corrected chi connectivity index (χ0v) is 13.6. The first kappa shape index (κ1) is 14.5. The summed E-state index contributed by atoms with van der Waals surface area (Å²) >= 11 is 3.65. The van der Waals surface area contributed by atoms with Crippen LogP contribution < -0.4 is 5.32 Å². The predicted molar refractivity (Wildman–Crippen MR) is 89.9 cm³/mol. The molecule has 0 aliphatic carbocycles. The van der Waals surface area contributed by atoms with Crippen LogP contribution in [-0.2, 0) is 13.0 Å². The highest BCUT2D eigenvalue weighted by Gasteiger charge is 2.16. The van der Waals surface area contributed by atoms with Crippen molar-refractivity contribution < 1.29 is 0 Å². The molecule has 0 bridgehead atoms. The second-order valence-corrected chi connectivity index (χ2v) is 7.16. The van der Waals surface area contributed by atoms with E-state index in [0.29, 0.717) is 12.1 Å². The molecule has 3 aromatic heterocycles. The minimum absolute atomic E-state index is 0.370. The maximum absolute atomic E-state index is 4.28. The number of thiophene rings is 2. The van der Waals surface area contributed by atoms with E-state index < -0.39 is 0 Å². The van der Waals surface area contributed by atoms with Crippen molar-refractivity contribution in [2.45, 2.75) is 32.0 Å². The number of nitrogens with one attached hydrogen (secondary N) is 1. The van der Waals surface area contributed by atoms with Crippen LogP contribution in [0.4, 0.5) is 0 Å². The van der Waals surface area contributed by atoms with Gasteiger partial charge in [-0.15, -0.1) is 22.7 Å². The monoisotopic (exact) mass is 317 g/mol. The summed E-state index contributed by atoms with van der Waals surface area (Å²) in [5, 5.41) is 12.3. The second kappa shape index (κ2) is 7.02. The van der Waals surface area contributed by atoms with Gasteiger partial charge < -0.3 is 5.32 Å². The molecule has 0 aliphatic rings. The molecule has 2 unspecified atom stereocenters. The molecule has 3 nitrogen and oxygen atoms in total. The van der Waals surface area contributed by atoms with Crippen molar-refractivity contribution in [3.05, 3.63) is 63.2 Å². The first-order valence-corrected chi connectivity index (χ1v) is 8.86. The fraction of sp³-hybridized carbons (Fsp3) is 0.312. The van der Waals surface area contributed by atoms with Crippen molar-refractivity contribution in [3.8, 4) is 0 Å². The normalized spacial score (nSPS) is 14.1. The van der Waals surface area contributed by atoms with Crippen molar-refractivity contribution in [1.29, 1.82) is 0 Å². The molecule has 5 heteroatoms. The van der Waals surface area contributed by atoms with Crippen LogP contribution in [0.15, 0.2) is 53.5 Å². The Morgan fingerprint density at radius 2 is 2.05 bits per heavy atom. The Hall–Kier alpha value is -1.43. The van der Waals surface area contributed by atoms with Gasteiger partial charge in [-0.25, -0.2) is 0 Å². The molecule has 0 saturated carbocycles. The minimum Gasteiger partial charge on any atom is -0.305 e. The zero-order valence-electron chi connectivity index (χ0n) is 12.0. The van der Waals surface area contributed by atoms with E-state index in [1.54, 1.807) is 0 Å². The first-order valence-electron chi connectivity index (χ1n) is 7.10. The molecule has 21 heavy (non-hydrogen) atoms. The third kappa shape index (κ3) is 4.03. The molecule has 0 radical (unpaired) electrons. The Morgan fingerprint density at radius 1 is 1.19 bits per heavy atom. The lowest BCUT2D eigenvalue weighted by atomic mass is 10.1. The van der Waals surface area contributed by atoms with Crippen molar-refractivity contribution in [1.82, 2.24) is 15.1 Å². The van der Waals surface area contributed by atoms with Gasteiger partial charge in [-0.3, -0.25) is 4.68 Å². The van der Waals surface area contributed by atoms with E-state index in [9.17, 15) is 0 Å². The maximum Gasteiger partial charge on any atom is 0.0560 e. The molecule has 2 atom stereocenters. The fourth-order valence-electron chi connectivity index (χ4n) is 2.45. The third-order valence-electron chi connectivity index (χ3n) is 3.38. The van der Waals surface area contributed by atoms with Gasteiger partial charge in [0.1, 0.15) is 0 Å². The van der Waals surface area contributed by atoms with Gasteiger partial charge in [0.25, 0.3) is 0 Å². The molecule has 3 rings (SSSR count). The summed E-state index contributed by atoms with van der Waals surface area (Å²) in [5.41, 5.74) is 0. The summed E-state index contributed by atoms with van der Waals surface area (Å²) < 4.78 is 1.98. The fourth-order valence-corrected chi connectivity index (χ4v) is 3.99. The highest BCUT2D eigenvalue weighted by molar-refractivity contribution is 7.10. The molecule has 3 heterocycles. The van der Waals surface area contributed by atoms with Gasteiger partial charge >= 0.3 is 0 Å². The zero-order chi connectivity index (χ0) is 14.5. The SMILES string of the molecule is CC(Cn1cccn1)NC(Cc1cccs1)c1cccs1. The average molecular weight is 317 g/mol. The van der Waals surface area contributed by atoms with Gasteiger partial charge in [0.2, 0.25) is 0 Å². The average Bonchev–Trinajstić information content (AvgIpc) is 3.22. The number of nitrogens with zero attached hydrogens (tertiary/aromatic N) is 2. The molecule has 0 fully saturated rings. The molecule has 0 saturated heterocycles. The van der Waals surface area contributed by atoms with Crippen LogP contribution in [-0.4, -0.2) is 15.8 Å². The summed E-state index contributed by atoms with van der Waals surface area (Å²) in [6, 6.07) is 11.4. The van der Waals surface area contributed by atoms with Gasteiger partial charge in [0.05, 0.1) is 6.54 Å². The largest absolute Gasteiger partial charge is 0.305 e. The first-order chi connectivity index (χ1) is 10.3. The molecule has 0 amide bonds. The van der Waals surface area contributed by atoms with Crippen molar-refractivity contribution >= 4 is 22.7 Å². The Morgan fingerprint density at radius 3 is 2.71 bits per heavy atom. The Labute approximate surface area is 133 Å². The van der Waals surface area contributed by atoms with Crippen LogP contribution in [0.2, 0.25) is 0 Å². The van der Waals surface area contributed by atoms with E-state index >= 15 is 0 Å². The number of hydrogen-bond acceptors (Lipinski definition) is 4. The summed E-state index contributed by atoms with van der Waals surface area (Å²) in [7, 11) is 0. The summed E-state index contributed by atoms with van der Waals surface area (Å²) in [5.74, 6) is 0. The Balaban J connectivity index is 1.67. The molecular formula is C16H19N3S2. The van der Waals surface area contributed by atoms with Crippen molar-refractivity contribution in [2.24, 2.45) is 0 Å². The van der Waals surface area contributed by atoms with Crippen LogP contribution in [0.5, 0.6) is 0 Å². The molecule has 0 aromatic carbocycles. The van der Waals surface area contributed by atoms with Crippen LogP contribution in [0.1, 0.15) is 22.7 Å². The Bertz CT molecular complexity index is 615. The van der Waals surface area contributed by atoms with E-state index in [0.717, 1.165) is 13.0 Å². The van der Waals surface area contributed by atoms with Gasteiger partial charge in [-0.05, 0) is 35.9 Å². The second-order valence-electron chi connectivity index (χ2n) is 5.15. The topological polar surface area (TPSA) is 29.9 Å². The summed E-state index contributed by atoms with van der Waals surface area (Å²) in [4.78, 5) is 2.82. The van der Waals surface area contributed by atoms with Crippen LogP contribution >= 0.6 is 22.7 Å². The number of rotatable bonds is 7. The van der Waals surface area contributed by atoms with E-state index in [1.807, 2.05) is 45.8 Å². The molecule has 3 aromatic rings. The van der Waals surface area contributed by atoms with Crippen molar-refractivity contribution in [3.63, 3.8) is 0 Å². The highest BCUT2D eigenvalue weighted by atomic mass is 32.1. The summed E-state index contributed by atoms with van der Waals surface area (Å²) in [6.07, 6.45) is 4.88. The van der Waals surface area contributed by atoms with Gasteiger partial charge in [0.15, 0.2) is 0 Å². The molecule has 0 aliphatic heterocycles. The lowest BCUT2D eigenvalue weighted by Gasteiger charge is -2.22. The van der Waals surface area contributed by atoms with E-state index in [4.69, 9.17) is 0 Å². The lowest BCUT2D eigenvalue weighted by Crippen LogP contribution is -2.34. The van der Waals surface area contributed by atoms with Crippen LogP contribution in [0.3, 0.4) is 0 Å². The van der Waals surface area contributed by atoms with E-state index in [-0.39, 0.29) is 0 Å². The van der Waals surface area contributed by atoms with Gasteiger partial charge in [0, 0.05) is 40.7 Å². The molecular weight excluding hydrogens is 298 g/mol. The lowest BCUT2D eigenvalue weighted by molar-refractivity contribution is 0.401. The van der Waals surface area contributed by atoms with Crippen molar-refractivity contribution in [2.75, 3.05) is 0 Å². The van der Waals surface area contributed by atoms with Crippen LogP contribution in [0, 0.1) is 0 Å². The molecule has 0 spiro atoms. The third-order valence-corrected chi connectivity index (χ3v) is 5.26. The van der Waals surface area contributed by atoms with E-state index in [2.05, 4.69) is 52.4 Å². The highest BCUT2D eigenvalue weighted by Crippen LogP contribution is 2.25. The minimum atomic E-state index is 0.370. The summed E-state index contributed by atoms with van der Waals surface area (Å²) in [6.45, 7) is 3.11. The molecule has 1 N–H and O–H groups in total. The Kier molecular flexibility index (Phi) is 4.85. The smallest absolute Gasteiger partial charge is 0.0560 e.